The van der Waals surface area contributed by atoms with Gasteiger partial charge in [0.05, 0.1) is 5.38 Å². The van der Waals surface area contributed by atoms with E-state index in [2.05, 4.69) is 31.2 Å². The second kappa shape index (κ2) is 4.75. The van der Waals surface area contributed by atoms with E-state index in [0.29, 0.717) is 5.92 Å². The molecule has 0 aromatic heterocycles. The SMILES string of the molecule is CC1C2=C(C=CC(Cl)C2)CCc2ccc(Cl)cc21. The first-order chi connectivity index (χ1) is 8.65. The second-order valence-electron chi connectivity index (χ2n) is 5.19. The molecule has 1 aromatic carbocycles. The van der Waals surface area contributed by atoms with Crippen LogP contribution in [0.1, 0.15) is 36.8 Å². The second-order valence-corrected chi connectivity index (χ2v) is 6.19. The highest BCUT2D eigenvalue weighted by molar-refractivity contribution is 6.30. The molecule has 0 N–H and O–H groups in total. The van der Waals surface area contributed by atoms with Crippen LogP contribution in [0.5, 0.6) is 0 Å². The summed E-state index contributed by atoms with van der Waals surface area (Å²) in [6.07, 6.45) is 7.54. The van der Waals surface area contributed by atoms with Gasteiger partial charge in [0.25, 0.3) is 0 Å². The van der Waals surface area contributed by atoms with Crippen LogP contribution in [0.25, 0.3) is 0 Å². The van der Waals surface area contributed by atoms with Gasteiger partial charge in [0.15, 0.2) is 0 Å². The predicted molar refractivity (Wildman–Crippen MR) is 78.6 cm³/mol. The third kappa shape index (κ3) is 2.13. The van der Waals surface area contributed by atoms with E-state index in [0.717, 1.165) is 24.3 Å². The molecule has 0 radical (unpaired) electrons. The van der Waals surface area contributed by atoms with Crippen molar-refractivity contribution in [2.75, 3.05) is 0 Å². The van der Waals surface area contributed by atoms with E-state index in [9.17, 15) is 0 Å². The number of halogens is 2. The third-order valence-corrected chi connectivity index (χ3v) is 4.63. The average molecular weight is 279 g/mol. The van der Waals surface area contributed by atoms with Gasteiger partial charge in [-0.25, -0.2) is 0 Å². The third-order valence-electron chi connectivity index (χ3n) is 4.09. The lowest BCUT2D eigenvalue weighted by Gasteiger charge is -2.23. The first-order valence-corrected chi connectivity index (χ1v) is 7.29. The zero-order valence-electron chi connectivity index (χ0n) is 10.4. The Kier molecular flexibility index (Phi) is 3.25. The lowest BCUT2D eigenvalue weighted by molar-refractivity contribution is 0.789. The van der Waals surface area contributed by atoms with Crippen molar-refractivity contribution >= 4 is 23.2 Å². The molecule has 1 aromatic rings. The molecule has 3 rings (SSSR count). The summed E-state index contributed by atoms with van der Waals surface area (Å²) >= 11 is 12.4. The van der Waals surface area contributed by atoms with E-state index < -0.39 is 0 Å². The molecule has 2 atom stereocenters. The minimum absolute atomic E-state index is 0.145. The molecule has 0 aliphatic heterocycles. The summed E-state index contributed by atoms with van der Waals surface area (Å²) in [4.78, 5) is 0. The molecule has 0 nitrogen and oxygen atoms in total. The molecule has 0 amide bonds. The number of allylic oxidation sites excluding steroid dienone is 4. The number of fused-ring (bicyclic) bond motifs is 1. The number of benzene rings is 1. The van der Waals surface area contributed by atoms with E-state index in [1.165, 1.54) is 22.3 Å². The molecule has 0 saturated heterocycles. The molecule has 18 heavy (non-hydrogen) atoms. The molecular formula is C16H16Cl2. The average Bonchev–Trinajstić information content (AvgIpc) is 2.49. The summed E-state index contributed by atoms with van der Waals surface area (Å²) in [5, 5.41) is 0.977. The van der Waals surface area contributed by atoms with E-state index in [-0.39, 0.29) is 5.38 Å². The Labute approximate surface area is 118 Å². The Bertz CT molecular complexity index is 540. The quantitative estimate of drug-likeness (QED) is 0.569. The molecule has 94 valence electrons. The first kappa shape index (κ1) is 12.3. The van der Waals surface area contributed by atoms with Gasteiger partial charge in [-0.05, 0) is 48.1 Å². The van der Waals surface area contributed by atoms with Gasteiger partial charge in [-0.15, -0.1) is 11.6 Å². The topological polar surface area (TPSA) is 0 Å². The van der Waals surface area contributed by atoms with Crippen molar-refractivity contribution in [2.24, 2.45) is 0 Å². The van der Waals surface area contributed by atoms with Gasteiger partial charge in [0.1, 0.15) is 0 Å². The van der Waals surface area contributed by atoms with Crippen LogP contribution in [-0.2, 0) is 6.42 Å². The highest BCUT2D eigenvalue weighted by Crippen LogP contribution is 2.40. The molecule has 0 saturated carbocycles. The molecule has 2 unspecified atom stereocenters. The molecule has 0 spiro atoms. The van der Waals surface area contributed by atoms with Gasteiger partial charge in [0.2, 0.25) is 0 Å². The van der Waals surface area contributed by atoms with Crippen molar-refractivity contribution in [3.63, 3.8) is 0 Å². The van der Waals surface area contributed by atoms with Gasteiger partial charge in [-0.2, -0.15) is 0 Å². The van der Waals surface area contributed by atoms with Crippen LogP contribution in [0.2, 0.25) is 5.02 Å². The first-order valence-electron chi connectivity index (χ1n) is 6.47. The molecular weight excluding hydrogens is 263 g/mol. The fraction of sp³-hybridized carbons (Fsp3) is 0.375. The predicted octanol–water partition coefficient (Wildman–Crippen LogP) is 5.25. The summed E-state index contributed by atoms with van der Waals surface area (Å²) in [7, 11) is 0. The van der Waals surface area contributed by atoms with Gasteiger partial charge in [-0.3, -0.25) is 0 Å². The van der Waals surface area contributed by atoms with Crippen LogP contribution in [0.3, 0.4) is 0 Å². The Hall–Kier alpha value is -0.720. The summed E-state index contributed by atoms with van der Waals surface area (Å²) in [5.74, 6) is 0.433. The normalized spacial score (nSPS) is 26.6. The Morgan fingerprint density at radius 3 is 2.89 bits per heavy atom. The van der Waals surface area contributed by atoms with Crippen molar-refractivity contribution in [3.8, 4) is 0 Å². The lowest BCUT2D eigenvalue weighted by atomic mass is 9.84. The fourth-order valence-corrected chi connectivity index (χ4v) is 3.51. The van der Waals surface area contributed by atoms with Crippen LogP contribution in [0.4, 0.5) is 0 Å². The van der Waals surface area contributed by atoms with Crippen LogP contribution < -0.4 is 0 Å². The minimum atomic E-state index is 0.145. The Balaban J connectivity index is 2.07. The smallest absolute Gasteiger partial charge is 0.0556 e. The van der Waals surface area contributed by atoms with E-state index in [1.807, 2.05) is 6.07 Å². The maximum absolute atomic E-state index is 6.27. The monoisotopic (exact) mass is 278 g/mol. The lowest BCUT2D eigenvalue weighted by Crippen LogP contribution is -2.09. The van der Waals surface area contributed by atoms with Crippen LogP contribution >= 0.6 is 23.2 Å². The largest absolute Gasteiger partial charge is 0.118 e. The van der Waals surface area contributed by atoms with Crippen molar-refractivity contribution in [3.05, 3.63) is 57.6 Å². The maximum Gasteiger partial charge on any atom is 0.0556 e. The molecule has 0 bridgehead atoms. The van der Waals surface area contributed by atoms with Gasteiger partial charge >= 0.3 is 0 Å². The van der Waals surface area contributed by atoms with Gasteiger partial charge in [-0.1, -0.05) is 42.3 Å². The zero-order valence-corrected chi connectivity index (χ0v) is 11.9. The summed E-state index contributed by atoms with van der Waals surface area (Å²) in [6.45, 7) is 2.28. The molecule has 0 heterocycles. The van der Waals surface area contributed by atoms with Crippen LogP contribution in [0.15, 0.2) is 41.5 Å². The van der Waals surface area contributed by atoms with Crippen LogP contribution in [0, 0.1) is 0 Å². The minimum Gasteiger partial charge on any atom is -0.118 e. The number of rotatable bonds is 0. The summed E-state index contributed by atoms with van der Waals surface area (Å²) < 4.78 is 0. The highest BCUT2D eigenvalue weighted by atomic mass is 35.5. The van der Waals surface area contributed by atoms with Crippen LogP contribution in [-0.4, -0.2) is 5.38 Å². The molecule has 2 heteroatoms. The molecule has 0 fully saturated rings. The zero-order chi connectivity index (χ0) is 12.7. The van der Waals surface area contributed by atoms with E-state index in [1.54, 1.807) is 0 Å². The number of hydrogen-bond donors (Lipinski definition) is 0. The van der Waals surface area contributed by atoms with Gasteiger partial charge in [0, 0.05) is 10.9 Å². The Morgan fingerprint density at radius 2 is 2.06 bits per heavy atom. The van der Waals surface area contributed by atoms with Crippen molar-refractivity contribution in [1.29, 1.82) is 0 Å². The number of hydrogen-bond acceptors (Lipinski definition) is 0. The molecule has 2 aliphatic carbocycles. The molecule has 2 aliphatic rings. The maximum atomic E-state index is 6.27. The van der Waals surface area contributed by atoms with E-state index in [4.69, 9.17) is 23.2 Å². The number of aryl methyl sites for hydroxylation is 1. The van der Waals surface area contributed by atoms with E-state index >= 15 is 0 Å². The Morgan fingerprint density at radius 1 is 1.22 bits per heavy atom. The number of alkyl halides is 1. The highest BCUT2D eigenvalue weighted by Gasteiger charge is 2.25. The fourth-order valence-electron chi connectivity index (χ4n) is 3.09. The standard InChI is InChI=1S/C16H16Cl2/c1-10-15-8-13(17)6-4-11(15)2-3-12-5-7-14(18)9-16(10)12/h4-8,10,14H,2-3,9H2,1H3. The van der Waals surface area contributed by atoms with Crippen molar-refractivity contribution in [2.45, 2.75) is 37.5 Å². The van der Waals surface area contributed by atoms with Gasteiger partial charge < -0.3 is 0 Å². The van der Waals surface area contributed by atoms with Crippen molar-refractivity contribution < 1.29 is 0 Å². The summed E-state index contributed by atoms with van der Waals surface area (Å²) in [6, 6.07) is 6.30. The van der Waals surface area contributed by atoms with Crippen molar-refractivity contribution in [1.82, 2.24) is 0 Å². The summed E-state index contributed by atoms with van der Waals surface area (Å²) in [5.41, 5.74) is 5.79.